The summed E-state index contributed by atoms with van der Waals surface area (Å²) in [6.45, 7) is 6.41. The third-order valence-corrected chi connectivity index (χ3v) is 5.58. The Bertz CT molecular complexity index is 972. The molecule has 1 aromatic heterocycles. The highest BCUT2D eigenvalue weighted by Crippen LogP contribution is 2.33. The van der Waals surface area contributed by atoms with Crippen LogP contribution < -0.4 is 10.3 Å². The summed E-state index contributed by atoms with van der Waals surface area (Å²) in [5.74, 6) is 0. The SMILES string of the molecule is CCN(CC)c1ccc(/C=N\Nc2c3c(nc4ccccc24)CCCC3)cc1. The van der Waals surface area contributed by atoms with Gasteiger partial charge < -0.3 is 4.90 Å². The normalized spacial score (nSPS) is 13.6. The molecule has 4 heteroatoms. The molecule has 28 heavy (non-hydrogen) atoms. The van der Waals surface area contributed by atoms with Crippen molar-refractivity contribution in [1.82, 2.24) is 4.98 Å². The fourth-order valence-electron chi connectivity index (χ4n) is 4.03. The topological polar surface area (TPSA) is 40.5 Å². The number of aromatic nitrogens is 1. The summed E-state index contributed by atoms with van der Waals surface area (Å²) in [6, 6.07) is 16.9. The van der Waals surface area contributed by atoms with Gasteiger partial charge in [-0.1, -0.05) is 30.3 Å². The van der Waals surface area contributed by atoms with Gasteiger partial charge in [0.2, 0.25) is 0 Å². The van der Waals surface area contributed by atoms with Gasteiger partial charge in [0.05, 0.1) is 17.4 Å². The van der Waals surface area contributed by atoms with Crippen molar-refractivity contribution in [3.8, 4) is 0 Å². The second-order valence-corrected chi connectivity index (χ2v) is 7.27. The van der Waals surface area contributed by atoms with Crippen LogP contribution in [0.3, 0.4) is 0 Å². The van der Waals surface area contributed by atoms with E-state index in [0.717, 1.165) is 48.1 Å². The van der Waals surface area contributed by atoms with Crippen LogP contribution in [0.15, 0.2) is 53.6 Å². The number of hydrogen-bond donors (Lipinski definition) is 1. The largest absolute Gasteiger partial charge is 0.372 e. The summed E-state index contributed by atoms with van der Waals surface area (Å²) in [5.41, 5.74) is 10.4. The van der Waals surface area contributed by atoms with E-state index < -0.39 is 0 Å². The number of para-hydroxylation sites is 1. The van der Waals surface area contributed by atoms with E-state index >= 15 is 0 Å². The van der Waals surface area contributed by atoms with Crippen LogP contribution in [0.5, 0.6) is 0 Å². The van der Waals surface area contributed by atoms with Gasteiger partial charge in [0.1, 0.15) is 0 Å². The first kappa shape index (κ1) is 18.5. The van der Waals surface area contributed by atoms with Gasteiger partial charge in [-0.15, -0.1) is 0 Å². The number of pyridine rings is 1. The maximum absolute atomic E-state index is 4.89. The highest BCUT2D eigenvalue weighted by atomic mass is 15.3. The number of nitrogens with one attached hydrogen (secondary N) is 1. The summed E-state index contributed by atoms with van der Waals surface area (Å²) < 4.78 is 0. The Kier molecular flexibility index (Phi) is 5.56. The molecule has 0 spiro atoms. The Labute approximate surface area is 167 Å². The van der Waals surface area contributed by atoms with Crippen molar-refractivity contribution in [3.05, 3.63) is 65.4 Å². The molecule has 1 aliphatic rings. The van der Waals surface area contributed by atoms with Gasteiger partial charge in [0, 0.05) is 29.9 Å². The monoisotopic (exact) mass is 372 g/mol. The maximum atomic E-state index is 4.89. The fraction of sp³-hybridized carbons (Fsp3) is 0.333. The molecule has 1 heterocycles. The third-order valence-electron chi connectivity index (χ3n) is 5.58. The van der Waals surface area contributed by atoms with Gasteiger partial charge in [0.25, 0.3) is 0 Å². The van der Waals surface area contributed by atoms with Crippen LogP contribution in [-0.4, -0.2) is 24.3 Å². The molecule has 1 N–H and O–H groups in total. The molecule has 144 valence electrons. The van der Waals surface area contributed by atoms with Crippen molar-refractivity contribution in [2.24, 2.45) is 5.10 Å². The molecule has 3 aromatic rings. The van der Waals surface area contributed by atoms with E-state index in [1.807, 2.05) is 6.21 Å². The molecular weight excluding hydrogens is 344 g/mol. The van der Waals surface area contributed by atoms with Gasteiger partial charge >= 0.3 is 0 Å². The fourth-order valence-corrected chi connectivity index (χ4v) is 4.03. The van der Waals surface area contributed by atoms with Gasteiger partial charge in [-0.3, -0.25) is 10.4 Å². The predicted molar refractivity (Wildman–Crippen MR) is 120 cm³/mol. The summed E-state index contributed by atoms with van der Waals surface area (Å²) in [5, 5.41) is 5.72. The lowest BCUT2D eigenvalue weighted by Crippen LogP contribution is -2.21. The molecule has 0 unspecified atom stereocenters. The zero-order valence-corrected chi connectivity index (χ0v) is 16.8. The van der Waals surface area contributed by atoms with E-state index in [1.165, 1.54) is 29.8 Å². The van der Waals surface area contributed by atoms with Crippen LogP contribution in [0.4, 0.5) is 11.4 Å². The first-order valence-corrected chi connectivity index (χ1v) is 10.3. The number of hydrogen-bond acceptors (Lipinski definition) is 4. The molecule has 0 aliphatic heterocycles. The molecule has 0 amide bonds. The second-order valence-electron chi connectivity index (χ2n) is 7.27. The summed E-state index contributed by atoms with van der Waals surface area (Å²) in [4.78, 5) is 7.23. The van der Waals surface area contributed by atoms with E-state index in [2.05, 4.69) is 77.8 Å². The summed E-state index contributed by atoms with van der Waals surface area (Å²) in [7, 11) is 0. The zero-order valence-electron chi connectivity index (χ0n) is 16.8. The quantitative estimate of drug-likeness (QED) is 0.465. The van der Waals surface area contributed by atoms with Crippen molar-refractivity contribution in [3.63, 3.8) is 0 Å². The first-order valence-electron chi connectivity index (χ1n) is 10.3. The number of rotatable bonds is 6. The Morgan fingerprint density at radius 2 is 1.75 bits per heavy atom. The van der Waals surface area contributed by atoms with Gasteiger partial charge in [0.15, 0.2) is 0 Å². The first-order chi connectivity index (χ1) is 13.8. The standard InChI is InChI=1S/C24H28N4/c1-3-28(4-2)19-15-13-18(14-16-19)17-25-27-24-20-9-5-7-11-22(20)26-23-12-8-6-10-21(23)24/h5,7,9,11,13-17H,3-4,6,8,10,12H2,1-2H3,(H,26,27)/b25-17-. The lowest BCUT2D eigenvalue weighted by atomic mass is 9.93. The molecule has 0 saturated carbocycles. The van der Waals surface area contributed by atoms with Crippen molar-refractivity contribution < 1.29 is 0 Å². The minimum atomic E-state index is 1.02. The lowest BCUT2D eigenvalue weighted by molar-refractivity contribution is 0.672. The molecule has 4 rings (SSSR count). The van der Waals surface area contributed by atoms with Crippen molar-refractivity contribution in [1.29, 1.82) is 0 Å². The van der Waals surface area contributed by atoms with Crippen molar-refractivity contribution in [2.75, 3.05) is 23.4 Å². The number of fused-ring (bicyclic) bond motifs is 2. The molecule has 0 radical (unpaired) electrons. The average Bonchev–Trinajstić information content (AvgIpc) is 2.75. The Hall–Kier alpha value is -2.88. The van der Waals surface area contributed by atoms with Crippen LogP contribution in [-0.2, 0) is 12.8 Å². The number of aryl methyl sites for hydroxylation is 1. The van der Waals surface area contributed by atoms with Crippen LogP contribution >= 0.6 is 0 Å². The molecule has 1 aliphatic carbocycles. The minimum Gasteiger partial charge on any atom is -0.372 e. The number of benzene rings is 2. The average molecular weight is 373 g/mol. The smallest absolute Gasteiger partial charge is 0.0726 e. The maximum Gasteiger partial charge on any atom is 0.0726 e. The molecule has 0 saturated heterocycles. The van der Waals surface area contributed by atoms with Crippen LogP contribution in [0, 0.1) is 0 Å². The van der Waals surface area contributed by atoms with Gasteiger partial charge in [-0.25, -0.2) is 0 Å². The molecule has 4 nitrogen and oxygen atoms in total. The molecule has 0 bridgehead atoms. The lowest BCUT2D eigenvalue weighted by Gasteiger charge is -2.21. The van der Waals surface area contributed by atoms with Crippen LogP contribution in [0.1, 0.15) is 43.5 Å². The van der Waals surface area contributed by atoms with E-state index in [-0.39, 0.29) is 0 Å². The highest BCUT2D eigenvalue weighted by molar-refractivity contribution is 5.94. The Morgan fingerprint density at radius 1 is 1.00 bits per heavy atom. The molecule has 0 atom stereocenters. The number of hydrazone groups is 1. The predicted octanol–water partition coefficient (Wildman–Crippen LogP) is 5.41. The Morgan fingerprint density at radius 3 is 2.54 bits per heavy atom. The zero-order chi connectivity index (χ0) is 19.3. The van der Waals surface area contributed by atoms with Gasteiger partial charge in [-0.2, -0.15) is 5.10 Å². The highest BCUT2D eigenvalue weighted by Gasteiger charge is 2.17. The summed E-state index contributed by atoms with van der Waals surface area (Å²) in [6.07, 6.45) is 6.48. The van der Waals surface area contributed by atoms with Crippen LogP contribution in [0.2, 0.25) is 0 Å². The minimum absolute atomic E-state index is 1.02. The van der Waals surface area contributed by atoms with E-state index in [4.69, 9.17) is 4.98 Å². The van der Waals surface area contributed by atoms with Crippen molar-refractivity contribution >= 4 is 28.5 Å². The Balaban J connectivity index is 1.59. The van der Waals surface area contributed by atoms with Gasteiger partial charge in [-0.05, 0) is 68.9 Å². The van der Waals surface area contributed by atoms with Crippen LogP contribution in [0.25, 0.3) is 10.9 Å². The summed E-state index contributed by atoms with van der Waals surface area (Å²) >= 11 is 0. The number of nitrogens with zero attached hydrogens (tertiary/aromatic N) is 3. The molecule has 2 aromatic carbocycles. The van der Waals surface area contributed by atoms with E-state index in [9.17, 15) is 0 Å². The number of anilines is 2. The third kappa shape index (κ3) is 3.72. The van der Waals surface area contributed by atoms with Crippen molar-refractivity contribution in [2.45, 2.75) is 39.5 Å². The molecule has 0 fully saturated rings. The van der Waals surface area contributed by atoms with E-state index in [0.29, 0.717) is 0 Å². The molecular formula is C24H28N4. The van der Waals surface area contributed by atoms with E-state index in [1.54, 1.807) is 0 Å². The second kappa shape index (κ2) is 8.42.